The molecule has 0 N–H and O–H groups in total. The van der Waals surface area contributed by atoms with E-state index in [0.29, 0.717) is 6.54 Å². The highest BCUT2D eigenvalue weighted by molar-refractivity contribution is 6.37. The molecule has 0 aliphatic carbocycles. The number of rotatable bonds is 8. The summed E-state index contributed by atoms with van der Waals surface area (Å²) in [5.74, 6) is 0. The van der Waals surface area contributed by atoms with E-state index < -0.39 is 0 Å². The standard InChI is InChI=1S/C51H35N5/c1-52-47(35-16-4-2-5-17-35)46(48(36-18-6-3-7-19-36)53-33-39-32-38-20-8-9-21-40(38)42-23-11-10-22-41(39)42)34-27-29-37(30-28-34)49-51-50(43-24-12-13-25-44(43)54-49)55-45-26-14-15-31-56(45)51/h2-32H,1,33H2/b47-46-,53-48-. The highest BCUT2D eigenvalue weighted by atomic mass is 15.0. The van der Waals surface area contributed by atoms with Crippen molar-refractivity contribution in [2.24, 2.45) is 9.98 Å². The van der Waals surface area contributed by atoms with E-state index in [2.05, 4.69) is 145 Å². The van der Waals surface area contributed by atoms with Gasteiger partial charge in [-0.15, -0.1) is 0 Å². The lowest BCUT2D eigenvalue weighted by atomic mass is 9.90. The molecular weight excluding hydrogens is 683 g/mol. The quantitative estimate of drug-likeness (QED) is 0.0892. The molecule has 0 fully saturated rings. The monoisotopic (exact) mass is 717 g/mol. The SMILES string of the molecule is C=N/C(=C(\C(=N/Cc1cc2ccccc2c2ccccc12)c1ccccc1)c1ccc(-c2nc3ccccc3c3nc4ccccn4c23)cc1)c1ccccc1. The molecule has 10 rings (SSSR count). The van der Waals surface area contributed by atoms with Crippen LogP contribution in [0.15, 0.2) is 198 Å². The number of para-hydroxylation sites is 1. The first kappa shape index (κ1) is 33.1. The van der Waals surface area contributed by atoms with Crippen molar-refractivity contribution in [1.82, 2.24) is 14.4 Å². The van der Waals surface area contributed by atoms with Gasteiger partial charge in [-0.25, -0.2) is 9.97 Å². The summed E-state index contributed by atoms with van der Waals surface area (Å²) in [5, 5.41) is 5.89. The largest absolute Gasteiger partial charge is 0.298 e. The van der Waals surface area contributed by atoms with E-state index in [1.165, 1.54) is 21.5 Å². The molecule has 0 aliphatic heterocycles. The van der Waals surface area contributed by atoms with Gasteiger partial charge in [0.25, 0.3) is 0 Å². The van der Waals surface area contributed by atoms with Crippen molar-refractivity contribution in [2.45, 2.75) is 6.54 Å². The third-order valence-corrected chi connectivity index (χ3v) is 10.6. The minimum atomic E-state index is 0.476. The molecular formula is C51H35N5. The summed E-state index contributed by atoms with van der Waals surface area (Å²) in [5.41, 5.74) is 12.2. The fourth-order valence-electron chi connectivity index (χ4n) is 7.98. The van der Waals surface area contributed by atoms with Crippen molar-refractivity contribution in [2.75, 3.05) is 0 Å². The Kier molecular flexibility index (Phi) is 8.30. The molecule has 0 spiro atoms. The van der Waals surface area contributed by atoms with Crippen LogP contribution in [-0.2, 0) is 6.54 Å². The van der Waals surface area contributed by atoms with Gasteiger partial charge in [0.1, 0.15) is 11.2 Å². The summed E-state index contributed by atoms with van der Waals surface area (Å²) in [6, 6.07) is 63.1. The third kappa shape index (κ3) is 5.74. The smallest absolute Gasteiger partial charge is 0.137 e. The Morgan fingerprint density at radius 2 is 1.20 bits per heavy atom. The van der Waals surface area contributed by atoms with Crippen LogP contribution in [0.1, 0.15) is 22.3 Å². The maximum atomic E-state index is 5.52. The van der Waals surface area contributed by atoms with E-state index in [0.717, 1.165) is 78.1 Å². The zero-order valence-electron chi connectivity index (χ0n) is 30.5. The molecule has 0 amide bonds. The molecule has 5 heteroatoms. The fraction of sp³-hybridized carbons (Fsp3) is 0.0196. The van der Waals surface area contributed by atoms with Gasteiger partial charge < -0.3 is 0 Å². The fourth-order valence-corrected chi connectivity index (χ4v) is 7.98. The Morgan fingerprint density at radius 1 is 0.554 bits per heavy atom. The third-order valence-electron chi connectivity index (χ3n) is 10.6. The number of hydrogen-bond donors (Lipinski definition) is 0. The molecule has 264 valence electrons. The molecule has 0 saturated carbocycles. The summed E-state index contributed by atoms with van der Waals surface area (Å²) in [6.45, 7) is 4.60. The highest BCUT2D eigenvalue weighted by Gasteiger charge is 2.21. The number of pyridine rings is 2. The molecule has 5 nitrogen and oxygen atoms in total. The number of aromatic nitrogens is 3. The van der Waals surface area contributed by atoms with E-state index in [1.54, 1.807) is 0 Å². The van der Waals surface area contributed by atoms with Crippen LogP contribution in [0.5, 0.6) is 0 Å². The van der Waals surface area contributed by atoms with Gasteiger partial charge in [0.15, 0.2) is 0 Å². The Bertz CT molecular complexity index is 3160. The van der Waals surface area contributed by atoms with Crippen molar-refractivity contribution in [3.05, 3.63) is 210 Å². The van der Waals surface area contributed by atoms with Crippen LogP contribution in [0.3, 0.4) is 0 Å². The van der Waals surface area contributed by atoms with Crippen LogP contribution in [0, 0.1) is 0 Å². The summed E-state index contributed by atoms with van der Waals surface area (Å²) in [6.07, 6.45) is 2.06. The van der Waals surface area contributed by atoms with Crippen LogP contribution in [0.2, 0.25) is 0 Å². The van der Waals surface area contributed by atoms with Crippen molar-refractivity contribution >= 4 is 72.8 Å². The van der Waals surface area contributed by atoms with Gasteiger partial charge in [-0.2, -0.15) is 0 Å². The Balaban J connectivity index is 1.18. The number of fused-ring (bicyclic) bond motifs is 8. The predicted molar refractivity (Wildman–Crippen MR) is 234 cm³/mol. The summed E-state index contributed by atoms with van der Waals surface area (Å²) in [7, 11) is 0. The van der Waals surface area contributed by atoms with E-state index in [9.17, 15) is 0 Å². The van der Waals surface area contributed by atoms with Crippen molar-refractivity contribution in [1.29, 1.82) is 0 Å². The second-order valence-corrected chi connectivity index (χ2v) is 13.9. The molecule has 0 saturated heterocycles. The maximum Gasteiger partial charge on any atom is 0.137 e. The zero-order chi connectivity index (χ0) is 37.4. The molecule has 0 aliphatic rings. The number of allylic oxidation sites excluding steroid dienone is 1. The average molecular weight is 718 g/mol. The number of aliphatic imine (C=N–C) groups is 2. The molecule has 0 unspecified atom stereocenters. The first-order valence-corrected chi connectivity index (χ1v) is 18.8. The van der Waals surface area contributed by atoms with Gasteiger partial charge in [0.05, 0.1) is 34.7 Å². The van der Waals surface area contributed by atoms with Crippen LogP contribution in [0.4, 0.5) is 0 Å². The lowest BCUT2D eigenvalue weighted by Gasteiger charge is -2.18. The molecule has 7 aromatic carbocycles. The lowest BCUT2D eigenvalue weighted by molar-refractivity contribution is 1.09. The topological polar surface area (TPSA) is 54.9 Å². The summed E-state index contributed by atoms with van der Waals surface area (Å²) < 4.78 is 2.13. The van der Waals surface area contributed by atoms with Gasteiger partial charge in [-0.05, 0) is 63.7 Å². The lowest BCUT2D eigenvalue weighted by Crippen LogP contribution is -2.08. The number of hydrogen-bond acceptors (Lipinski definition) is 4. The molecule has 0 atom stereocenters. The second-order valence-electron chi connectivity index (χ2n) is 13.9. The normalized spacial score (nSPS) is 12.5. The number of benzene rings is 7. The van der Waals surface area contributed by atoms with Crippen LogP contribution in [0.25, 0.3) is 71.7 Å². The van der Waals surface area contributed by atoms with Gasteiger partial charge in [0.2, 0.25) is 0 Å². The van der Waals surface area contributed by atoms with Gasteiger partial charge in [0, 0.05) is 33.8 Å². The Hall–Kier alpha value is -7.50. The van der Waals surface area contributed by atoms with Crippen LogP contribution < -0.4 is 0 Å². The predicted octanol–water partition coefficient (Wildman–Crippen LogP) is 12.3. The van der Waals surface area contributed by atoms with Crippen molar-refractivity contribution in [3.63, 3.8) is 0 Å². The zero-order valence-corrected chi connectivity index (χ0v) is 30.5. The van der Waals surface area contributed by atoms with Gasteiger partial charge in [-0.3, -0.25) is 14.4 Å². The number of imidazole rings is 1. The highest BCUT2D eigenvalue weighted by Crippen LogP contribution is 2.37. The average Bonchev–Trinajstić information content (AvgIpc) is 3.67. The van der Waals surface area contributed by atoms with Crippen molar-refractivity contribution < 1.29 is 0 Å². The molecule has 3 heterocycles. The van der Waals surface area contributed by atoms with Gasteiger partial charge >= 0.3 is 0 Å². The minimum absolute atomic E-state index is 0.476. The summed E-state index contributed by atoms with van der Waals surface area (Å²) >= 11 is 0. The van der Waals surface area contributed by atoms with Gasteiger partial charge in [-0.1, -0.05) is 158 Å². The first-order valence-electron chi connectivity index (χ1n) is 18.8. The Labute approximate surface area is 324 Å². The van der Waals surface area contributed by atoms with Crippen LogP contribution >= 0.6 is 0 Å². The van der Waals surface area contributed by atoms with Crippen molar-refractivity contribution in [3.8, 4) is 11.3 Å². The number of nitrogens with zero attached hydrogens (tertiary/aromatic N) is 5. The first-order chi connectivity index (χ1) is 27.7. The molecule has 3 aromatic heterocycles. The minimum Gasteiger partial charge on any atom is -0.298 e. The maximum absolute atomic E-state index is 5.52. The molecule has 0 radical (unpaired) electrons. The summed E-state index contributed by atoms with van der Waals surface area (Å²) in [4.78, 5) is 20.6. The Morgan fingerprint density at radius 3 is 1.96 bits per heavy atom. The van der Waals surface area contributed by atoms with E-state index in [1.807, 2.05) is 54.6 Å². The van der Waals surface area contributed by atoms with E-state index in [4.69, 9.17) is 20.0 Å². The van der Waals surface area contributed by atoms with Crippen LogP contribution in [-0.4, -0.2) is 26.8 Å². The van der Waals surface area contributed by atoms with E-state index >= 15 is 0 Å². The van der Waals surface area contributed by atoms with E-state index in [-0.39, 0.29) is 0 Å². The second kappa shape index (κ2) is 14.0. The molecule has 0 bridgehead atoms. The molecule has 10 aromatic rings. The molecule has 56 heavy (non-hydrogen) atoms.